The molecule has 0 aliphatic heterocycles. The molecule has 1 atom stereocenters. The molecule has 0 saturated heterocycles. The van der Waals surface area contributed by atoms with E-state index in [4.69, 9.17) is 4.74 Å². The van der Waals surface area contributed by atoms with Crippen molar-refractivity contribution in [3.8, 4) is 11.4 Å². The third-order valence-electron chi connectivity index (χ3n) is 4.12. The standard InChI is InChI=1S/C18H18N4O4S/c1-10(17(24)26-4)27-15-12-14(21(2)18(25)22(3)16(12)23)19-13(20-15)11-8-6-5-7-9-11/h5-10H,1-4H3/t10-/m0/s1. The van der Waals surface area contributed by atoms with Gasteiger partial charge in [0.15, 0.2) is 11.5 Å². The first kappa shape index (κ1) is 18.8. The number of methoxy groups -OCH3 is 1. The highest BCUT2D eigenvalue weighted by Gasteiger charge is 2.22. The van der Waals surface area contributed by atoms with Crippen molar-refractivity contribution in [1.82, 2.24) is 19.1 Å². The van der Waals surface area contributed by atoms with Crippen molar-refractivity contribution in [2.24, 2.45) is 14.1 Å². The number of aromatic nitrogens is 4. The molecular weight excluding hydrogens is 368 g/mol. The highest BCUT2D eigenvalue weighted by molar-refractivity contribution is 8.00. The maximum absolute atomic E-state index is 12.7. The van der Waals surface area contributed by atoms with Crippen LogP contribution in [0, 0.1) is 0 Å². The van der Waals surface area contributed by atoms with E-state index >= 15 is 0 Å². The summed E-state index contributed by atoms with van der Waals surface area (Å²) in [5.41, 5.74) is -0.0360. The van der Waals surface area contributed by atoms with Crippen molar-refractivity contribution in [3.05, 3.63) is 51.2 Å². The lowest BCUT2D eigenvalue weighted by Crippen LogP contribution is -2.37. The summed E-state index contributed by atoms with van der Waals surface area (Å²) in [4.78, 5) is 45.9. The Kier molecular flexibility index (Phi) is 5.13. The van der Waals surface area contributed by atoms with Gasteiger partial charge < -0.3 is 4.74 Å². The minimum Gasteiger partial charge on any atom is -0.468 e. The zero-order valence-electron chi connectivity index (χ0n) is 15.3. The van der Waals surface area contributed by atoms with Crippen LogP contribution in [0.15, 0.2) is 44.9 Å². The summed E-state index contributed by atoms with van der Waals surface area (Å²) in [6.45, 7) is 1.67. The molecule has 8 nitrogen and oxygen atoms in total. The number of benzene rings is 1. The number of hydrogen-bond acceptors (Lipinski definition) is 7. The Hall–Kier alpha value is -2.94. The molecule has 2 heterocycles. The molecule has 0 saturated carbocycles. The second-order valence-corrected chi connectivity index (χ2v) is 7.24. The molecule has 0 spiro atoms. The molecule has 0 fully saturated rings. The van der Waals surface area contributed by atoms with E-state index in [-0.39, 0.29) is 11.0 Å². The maximum atomic E-state index is 12.7. The summed E-state index contributed by atoms with van der Waals surface area (Å²) in [5.74, 6) is -0.0689. The number of nitrogens with zero attached hydrogens (tertiary/aromatic N) is 4. The number of carbonyl (C=O) groups is 1. The van der Waals surface area contributed by atoms with Gasteiger partial charge in [0.05, 0.1) is 7.11 Å². The van der Waals surface area contributed by atoms with E-state index in [1.807, 2.05) is 30.3 Å². The monoisotopic (exact) mass is 386 g/mol. The summed E-state index contributed by atoms with van der Waals surface area (Å²) in [6, 6.07) is 9.22. The molecule has 2 aromatic heterocycles. The Labute approximate surface area is 158 Å². The summed E-state index contributed by atoms with van der Waals surface area (Å²) >= 11 is 1.10. The van der Waals surface area contributed by atoms with Gasteiger partial charge in [-0.2, -0.15) is 0 Å². The minimum atomic E-state index is -0.585. The fraction of sp³-hybridized carbons (Fsp3) is 0.278. The predicted molar refractivity (Wildman–Crippen MR) is 103 cm³/mol. The Balaban J connectivity index is 2.35. The lowest BCUT2D eigenvalue weighted by atomic mass is 10.2. The smallest absolute Gasteiger partial charge is 0.332 e. The van der Waals surface area contributed by atoms with E-state index in [0.717, 1.165) is 21.9 Å². The van der Waals surface area contributed by atoms with Gasteiger partial charge in [-0.1, -0.05) is 42.1 Å². The number of carbonyl (C=O) groups excluding carboxylic acids is 1. The van der Waals surface area contributed by atoms with Crippen LogP contribution < -0.4 is 11.2 Å². The number of esters is 1. The highest BCUT2D eigenvalue weighted by Crippen LogP contribution is 2.29. The molecule has 0 N–H and O–H groups in total. The van der Waals surface area contributed by atoms with Gasteiger partial charge in [-0.15, -0.1) is 0 Å². The third-order valence-corrected chi connectivity index (χ3v) is 5.18. The number of thioether (sulfide) groups is 1. The predicted octanol–water partition coefficient (Wildman–Crippen LogP) is 1.35. The van der Waals surface area contributed by atoms with Gasteiger partial charge in [0.1, 0.15) is 15.7 Å². The van der Waals surface area contributed by atoms with Crippen molar-refractivity contribution < 1.29 is 9.53 Å². The summed E-state index contributed by atoms with van der Waals surface area (Å²) < 4.78 is 7.07. The Bertz CT molecular complexity index is 1140. The Morgan fingerprint density at radius 1 is 1.11 bits per heavy atom. The van der Waals surface area contributed by atoms with E-state index in [9.17, 15) is 14.4 Å². The van der Waals surface area contributed by atoms with Gasteiger partial charge >= 0.3 is 11.7 Å². The Morgan fingerprint density at radius 2 is 1.78 bits per heavy atom. The van der Waals surface area contributed by atoms with Crippen LogP contribution in [-0.4, -0.2) is 37.4 Å². The first-order valence-electron chi connectivity index (χ1n) is 8.12. The summed E-state index contributed by atoms with van der Waals surface area (Å²) in [5, 5.41) is -0.0633. The zero-order chi connectivity index (χ0) is 19.7. The molecule has 9 heteroatoms. The SMILES string of the molecule is COC(=O)[C@H](C)Sc1nc(-c2ccccc2)nc2c1c(=O)n(C)c(=O)n2C. The molecule has 0 radical (unpaired) electrons. The van der Waals surface area contributed by atoms with Gasteiger partial charge in [-0.05, 0) is 6.92 Å². The van der Waals surface area contributed by atoms with Crippen molar-refractivity contribution in [2.45, 2.75) is 17.2 Å². The van der Waals surface area contributed by atoms with Crippen LogP contribution in [0.1, 0.15) is 6.92 Å². The average Bonchev–Trinajstić information content (AvgIpc) is 2.70. The van der Waals surface area contributed by atoms with Gasteiger partial charge in [-0.3, -0.25) is 18.7 Å². The highest BCUT2D eigenvalue weighted by atomic mass is 32.2. The molecule has 27 heavy (non-hydrogen) atoms. The van der Waals surface area contributed by atoms with Crippen LogP contribution in [0.5, 0.6) is 0 Å². The molecule has 3 rings (SSSR count). The Morgan fingerprint density at radius 3 is 2.41 bits per heavy atom. The lowest BCUT2D eigenvalue weighted by Gasteiger charge is -2.14. The number of ether oxygens (including phenoxy) is 1. The summed E-state index contributed by atoms with van der Waals surface area (Å²) in [6.07, 6.45) is 0. The molecule has 140 valence electrons. The lowest BCUT2D eigenvalue weighted by molar-refractivity contribution is -0.139. The van der Waals surface area contributed by atoms with E-state index in [1.165, 1.54) is 18.7 Å². The topological polar surface area (TPSA) is 96.1 Å². The van der Waals surface area contributed by atoms with E-state index in [1.54, 1.807) is 14.0 Å². The number of rotatable bonds is 4. The van der Waals surface area contributed by atoms with E-state index in [0.29, 0.717) is 10.9 Å². The van der Waals surface area contributed by atoms with Gasteiger partial charge in [0.25, 0.3) is 5.56 Å². The van der Waals surface area contributed by atoms with Crippen LogP contribution in [0.25, 0.3) is 22.4 Å². The molecule has 0 aliphatic rings. The average molecular weight is 386 g/mol. The zero-order valence-corrected chi connectivity index (χ0v) is 16.1. The van der Waals surface area contributed by atoms with Crippen molar-refractivity contribution in [3.63, 3.8) is 0 Å². The van der Waals surface area contributed by atoms with Crippen molar-refractivity contribution in [1.29, 1.82) is 0 Å². The van der Waals surface area contributed by atoms with Gasteiger partial charge in [0, 0.05) is 19.7 Å². The molecule has 0 unspecified atom stereocenters. The molecule has 0 bridgehead atoms. The second-order valence-electron chi connectivity index (χ2n) is 5.91. The van der Waals surface area contributed by atoms with Gasteiger partial charge in [-0.25, -0.2) is 14.8 Å². The summed E-state index contributed by atoms with van der Waals surface area (Å²) in [7, 11) is 4.24. The van der Waals surface area contributed by atoms with Crippen LogP contribution in [0.4, 0.5) is 0 Å². The molecular formula is C18H18N4O4S. The minimum absolute atomic E-state index is 0.194. The van der Waals surface area contributed by atoms with E-state index in [2.05, 4.69) is 9.97 Å². The second kappa shape index (κ2) is 7.36. The number of hydrogen-bond donors (Lipinski definition) is 0. The quantitative estimate of drug-likeness (QED) is 0.379. The van der Waals surface area contributed by atoms with Crippen LogP contribution in [-0.2, 0) is 23.6 Å². The normalized spacial score (nSPS) is 12.1. The van der Waals surface area contributed by atoms with E-state index < -0.39 is 22.5 Å². The maximum Gasteiger partial charge on any atom is 0.332 e. The van der Waals surface area contributed by atoms with Crippen LogP contribution >= 0.6 is 11.8 Å². The molecule has 0 aliphatic carbocycles. The van der Waals surface area contributed by atoms with Crippen LogP contribution in [0.2, 0.25) is 0 Å². The number of aryl methyl sites for hydroxylation is 1. The van der Waals surface area contributed by atoms with Crippen molar-refractivity contribution >= 4 is 28.8 Å². The van der Waals surface area contributed by atoms with Crippen molar-refractivity contribution in [2.75, 3.05) is 7.11 Å². The van der Waals surface area contributed by atoms with Crippen LogP contribution in [0.3, 0.4) is 0 Å². The first-order valence-corrected chi connectivity index (χ1v) is 9.00. The first-order chi connectivity index (χ1) is 12.8. The number of fused-ring (bicyclic) bond motifs is 1. The largest absolute Gasteiger partial charge is 0.468 e. The molecule has 1 aromatic carbocycles. The third kappa shape index (κ3) is 3.37. The van der Waals surface area contributed by atoms with Gasteiger partial charge in [0.2, 0.25) is 0 Å². The molecule has 3 aromatic rings. The molecule has 0 amide bonds. The fourth-order valence-corrected chi connectivity index (χ4v) is 3.58. The fourth-order valence-electron chi connectivity index (χ4n) is 2.61.